The number of rotatable bonds is 4. The maximum Gasteiger partial charge on any atom is 0.248 e. The fourth-order valence-corrected chi connectivity index (χ4v) is 2.97. The Kier molecular flexibility index (Phi) is 7.03. The Morgan fingerprint density at radius 1 is 1.17 bits per heavy atom. The molecule has 7 heteroatoms. The van der Waals surface area contributed by atoms with E-state index in [9.17, 15) is 9.59 Å². The summed E-state index contributed by atoms with van der Waals surface area (Å²) in [5, 5.41) is 0.593. The van der Waals surface area contributed by atoms with Crippen LogP contribution >= 0.6 is 11.6 Å². The molecule has 2 N–H and O–H groups in total. The summed E-state index contributed by atoms with van der Waals surface area (Å²) < 4.78 is 11.4. The number of fused-ring (bicyclic) bond motifs is 1. The first-order chi connectivity index (χ1) is 14.5. The van der Waals surface area contributed by atoms with E-state index in [4.69, 9.17) is 26.8 Å². The predicted octanol–water partition coefficient (Wildman–Crippen LogP) is 4.37. The monoisotopic (exact) mass is 424 g/mol. The molecule has 0 spiro atoms. The number of nitrogens with zero attached hydrogens (tertiary/aromatic N) is 1. The van der Waals surface area contributed by atoms with E-state index in [2.05, 4.69) is 4.98 Å². The highest BCUT2D eigenvalue weighted by atomic mass is 35.5. The Labute approximate surface area is 179 Å². The van der Waals surface area contributed by atoms with Crippen molar-refractivity contribution in [2.45, 2.75) is 20.0 Å². The molecular weight excluding hydrogens is 404 g/mol. The number of pyridine rings is 1. The SMILES string of the molecule is Cc1c(OCc2ccc(Cl)cn2)ccc2c1OCCC2=O.NC(=O)c1ccccc1. The zero-order chi connectivity index (χ0) is 21.5. The second-order valence-corrected chi connectivity index (χ2v) is 7.01. The van der Waals surface area contributed by atoms with Crippen LogP contribution in [0.25, 0.3) is 0 Å². The van der Waals surface area contributed by atoms with Gasteiger partial charge >= 0.3 is 0 Å². The lowest BCUT2D eigenvalue weighted by molar-refractivity contribution is 0.0931. The van der Waals surface area contributed by atoms with Gasteiger partial charge in [-0.25, -0.2) is 0 Å². The summed E-state index contributed by atoms with van der Waals surface area (Å²) in [6.45, 7) is 2.65. The van der Waals surface area contributed by atoms with E-state index >= 15 is 0 Å². The lowest BCUT2D eigenvalue weighted by Crippen LogP contribution is -2.16. The highest BCUT2D eigenvalue weighted by Gasteiger charge is 2.22. The highest BCUT2D eigenvalue weighted by Crippen LogP contribution is 2.34. The van der Waals surface area contributed by atoms with Crippen LogP contribution in [0.1, 0.15) is 38.4 Å². The van der Waals surface area contributed by atoms with E-state index in [-0.39, 0.29) is 11.7 Å². The number of carbonyl (C=O) groups is 2. The van der Waals surface area contributed by atoms with Crippen LogP contribution in [0.2, 0.25) is 5.02 Å². The number of primary amides is 1. The summed E-state index contributed by atoms with van der Waals surface area (Å²) in [5.41, 5.74) is 7.79. The van der Waals surface area contributed by atoms with Gasteiger partial charge in [0.2, 0.25) is 5.91 Å². The molecule has 0 unspecified atom stereocenters. The van der Waals surface area contributed by atoms with E-state index in [0.29, 0.717) is 47.3 Å². The van der Waals surface area contributed by atoms with E-state index in [0.717, 1.165) is 11.3 Å². The summed E-state index contributed by atoms with van der Waals surface area (Å²) in [6.07, 6.45) is 2.02. The number of aromatic nitrogens is 1. The van der Waals surface area contributed by atoms with Crippen LogP contribution in [0.4, 0.5) is 0 Å². The minimum atomic E-state index is -0.379. The Bertz CT molecular complexity index is 1040. The van der Waals surface area contributed by atoms with Crippen molar-refractivity contribution in [1.29, 1.82) is 0 Å². The van der Waals surface area contributed by atoms with Crippen molar-refractivity contribution in [2.75, 3.05) is 6.61 Å². The molecule has 1 aliphatic heterocycles. The van der Waals surface area contributed by atoms with Crippen LogP contribution in [0.15, 0.2) is 60.8 Å². The fraction of sp³-hybridized carbons (Fsp3) is 0.174. The zero-order valence-corrected chi connectivity index (χ0v) is 17.2. The molecule has 30 heavy (non-hydrogen) atoms. The van der Waals surface area contributed by atoms with Crippen LogP contribution in [0, 0.1) is 6.92 Å². The Balaban J connectivity index is 0.000000239. The molecule has 0 aliphatic carbocycles. The van der Waals surface area contributed by atoms with E-state index in [1.807, 2.05) is 19.1 Å². The van der Waals surface area contributed by atoms with Crippen LogP contribution in [0.5, 0.6) is 11.5 Å². The number of halogens is 1. The number of hydrogen-bond donors (Lipinski definition) is 1. The molecule has 2 heterocycles. The average molecular weight is 425 g/mol. The summed E-state index contributed by atoms with van der Waals surface area (Å²) in [6, 6.07) is 15.9. The topological polar surface area (TPSA) is 91.5 Å². The third-order valence-electron chi connectivity index (χ3n) is 4.45. The second-order valence-electron chi connectivity index (χ2n) is 6.57. The van der Waals surface area contributed by atoms with Gasteiger partial charge in [0, 0.05) is 23.7 Å². The van der Waals surface area contributed by atoms with Gasteiger partial charge < -0.3 is 15.2 Å². The molecule has 154 valence electrons. The van der Waals surface area contributed by atoms with Gasteiger partial charge in [0.1, 0.15) is 18.1 Å². The van der Waals surface area contributed by atoms with Crippen molar-refractivity contribution in [2.24, 2.45) is 5.73 Å². The van der Waals surface area contributed by atoms with Crippen molar-refractivity contribution in [3.63, 3.8) is 0 Å². The van der Waals surface area contributed by atoms with Crippen molar-refractivity contribution in [3.8, 4) is 11.5 Å². The normalized spacial score (nSPS) is 12.1. The van der Waals surface area contributed by atoms with Crippen molar-refractivity contribution in [3.05, 3.63) is 88.2 Å². The number of nitrogens with two attached hydrogens (primary N) is 1. The Hall–Kier alpha value is -3.38. The van der Waals surface area contributed by atoms with Gasteiger partial charge in [0.15, 0.2) is 5.78 Å². The molecule has 1 aromatic heterocycles. The smallest absolute Gasteiger partial charge is 0.248 e. The minimum Gasteiger partial charge on any atom is -0.492 e. The number of hydrogen-bond acceptors (Lipinski definition) is 5. The second kappa shape index (κ2) is 9.89. The summed E-state index contributed by atoms with van der Waals surface area (Å²) in [5.74, 6) is 1.06. The molecule has 0 saturated carbocycles. The maximum atomic E-state index is 11.8. The van der Waals surface area contributed by atoms with Crippen molar-refractivity contribution >= 4 is 23.3 Å². The van der Waals surface area contributed by atoms with Gasteiger partial charge in [-0.3, -0.25) is 14.6 Å². The Morgan fingerprint density at radius 2 is 1.93 bits per heavy atom. The van der Waals surface area contributed by atoms with E-state index in [1.54, 1.807) is 48.7 Å². The van der Waals surface area contributed by atoms with Crippen molar-refractivity contribution < 1.29 is 19.1 Å². The van der Waals surface area contributed by atoms with Crippen LogP contribution in [-0.4, -0.2) is 23.3 Å². The largest absolute Gasteiger partial charge is 0.492 e. The number of amides is 1. The molecule has 0 fully saturated rings. The van der Waals surface area contributed by atoms with Crippen LogP contribution in [-0.2, 0) is 6.61 Å². The summed E-state index contributed by atoms with van der Waals surface area (Å²) >= 11 is 5.80. The van der Waals surface area contributed by atoms with E-state index < -0.39 is 0 Å². The molecule has 0 radical (unpaired) electrons. The fourth-order valence-electron chi connectivity index (χ4n) is 2.86. The van der Waals surface area contributed by atoms with Crippen molar-refractivity contribution in [1.82, 2.24) is 4.98 Å². The molecule has 4 rings (SSSR count). The molecule has 6 nitrogen and oxygen atoms in total. The lowest BCUT2D eigenvalue weighted by atomic mass is 10.0. The van der Waals surface area contributed by atoms with Crippen LogP contribution in [0.3, 0.4) is 0 Å². The van der Waals surface area contributed by atoms with Gasteiger partial charge in [-0.05, 0) is 43.3 Å². The number of ketones is 1. The first-order valence-electron chi connectivity index (χ1n) is 9.33. The molecule has 0 saturated heterocycles. The number of ether oxygens (including phenoxy) is 2. The molecule has 2 aromatic carbocycles. The third-order valence-corrected chi connectivity index (χ3v) is 4.68. The highest BCUT2D eigenvalue weighted by molar-refractivity contribution is 6.30. The summed E-state index contributed by atoms with van der Waals surface area (Å²) in [4.78, 5) is 26.4. The predicted molar refractivity (Wildman–Crippen MR) is 114 cm³/mol. The quantitative estimate of drug-likeness (QED) is 0.671. The first kappa shape index (κ1) is 21.3. The zero-order valence-electron chi connectivity index (χ0n) is 16.4. The molecule has 3 aromatic rings. The number of Topliss-reactive ketones (excluding diaryl/α,β-unsaturated/α-hetero) is 1. The number of benzene rings is 2. The standard InChI is InChI=1S/C16H14ClNO3.C7H7NO/c1-10-15(21-9-12-3-2-11(17)8-18-12)5-4-13-14(19)6-7-20-16(10)13;8-7(9)6-4-2-1-3-5-6/h2-5,8H,6-7,9H2,1H3;1-5H,(H2,8,9). The lowest BCUT2D eigenvalue weighted by Gasteiger charge is -2.20. The van der Waals surface area contributed by atoms with Gasteiger partial charge in [0.05, 0.1) is 22.9 Å². The van der Waals surface area contributed by atoms with Gasteiger partial charge in [-0.15, -0.1) is 0 Å². The third kappa shape index (κ3) is 5.36. The maximum absolute atomic E-state index is 11.8. The molecular formula is C23H21ClN2O4. The molecule has 1 aliphatic rings. The first-order valence-corrected chi connectivity index (χ1v) is 9.71. The molecule has 1 amide bonds. The van der Waals surface area contributed by atoms with Gasteiger partial charge in [-0.1, -0.05) is 29.8 Å². The van der Waals surface area contributed by atoms with Gasteiger partial charge in [0.25, 0.3) is 0 Å². The van der Waals surface area contributed by atoms with Gasteiger partial charge in [-0.2, -0.15) is 0 Å². The van der Waals surface area contributed by atoms with E-state index in [1.165, 1.54) is 0 Å². The number of carbonyl (C=O) groups excluding carboxylic acids is 2. The molecule has 0 atom stereocenters. The minimum absolute atomic E-state index is 0.116. The summed E-state index contributed by atoms with van der Waals surface area (Å²) in [7, 11) is 0. The molecule has 0 bridgehead atoms. The van der Waals surface area contributed by atoms with Crippen LogP contribution < -0.4 is 15.2 Å². The Morgan fingerprint density at radius 3 is 2.57 bits per heavy atom. The average Bonchev–Trinajstić information content (AvgIpc) is 2.76.